The van der Waals surface area contributed by atoms with E-state index >= 15 is 0 Å². The van der Waals surface area contributed by atoms with Gasteiger partial charge in [0.2, 0.25) is 0 Å². The van der Waals surface area contributed by atoms with Crippen LogP contribution in [0.4, 0.5) is 0 Å². The minimum Gasteiger partial charge on any atom is -0.493 e. The summed E-state index contributed by atoms with van der Waals surface area (Å²) >= 11 is 3.21. The summed E-state index contributed by atoms with van der Waals surface area (Å²) < 4.78 is 14.2. The van der Waals surface area contributed by atoms with E-state index in [-0.39, 0.29) is 5.76 Å². The van der Waals surface area contributed by atoms with Crippen LogP contribution in [-0.4, -0.2) is 23.8 Å². The van der Waals surface area contributed by atoms with Crippen LogP contribution >= 0.6 is 23.1 Å². The van der Waals surface area contributed by atoms with Gasteiger partial charge in [-0.2, -0.15) is 4.99 Å². The Kier molecular flexibility index (Phi) is 4.80. The van der Waals surface area contributed by atoms with Gasteiger partial charge in [-0.1, -0.05) is 23.5 Å². The van der Waals surface area contributed by atoms with Gasteiger partial charge in [0.1, 0.15) is 0 Å². The largest absolute Gasteiger partial charge is 0.493 e. The number of ether oxygens (including phenoxy) is 1. The summed E-state index contributed by atoms with van der Waals surface area (Å²) in [6, 6.07) is 13.6. The molecule has 7 heteroatoms. The van der Waals surface area contributed by atoms with E-state index in [0.717, 1.165) is 22.1 Å². The molecule has 4 aromatic rings. The summed E-state index contributed by atoms with van der Waals surface area (Å²) in [5.74, 6) is 0.410. The van der Waals surface area contributed by atoms with E-state index in [1.54, 1.807) is 31.0 Å². The van der Waals surface area contributed by atoms with E-state index < -0.39 is 5.91 Å². The Hall–Kier alpha value is -2.51. The van der Waals surface area contributed by atoms with Gasteiger partial charge in [-0.15, -0.1) is 11.8 Å². The van der Waals surface area contributed by atoms with Gasteiger partial charge in [0.05, 0.1) is 17.3 Å². The first-order valence-corrected chi connectivity index (χ1v) is 10.5. The highest BCUT2D eigenvalue weighted by molar-refractivity contribution is 7.98. The molecule has 0 radical (unpaired) electrons. The zero-order valence-electron chi connectivity index (χ0n) is 15.2. The van der Waals surface area contributed by atoms with E-state index in [9.17, 15) is 4.79 Å². The van der Waals surface area contributed by atoms with Crippen molar-refractivity contribution in [3.8, 4) is 5.75 Å². The summed E-state index contributed by atoms with van der Waals surface area (Å²) in [6.07, 6.45) is 2.05. The fourth-order valence-corrected chi connectivity index (χ4v) is 4.66. The molecule has 1 amide bonds. The summed E-state index contributed by atoms with van der Waals surface area (Å²) in [6.45, 7) is 2.78. The number of nitrogens with zero attached hydrogens (tertiary/aromatic N) is 2. The first-order chi connectivity index (χ1) is 13.1. The van der Waals surface area contributed by atoms with Crippen molar-refractivity contribution in [2.75, 3.05) is 13.4 Å². The number of carbonyl (C=O) groups is 1. The fourth-order valence-electron chi connectivity index (χ4n) is 3.02. The molecule has 0 bridgehead atoms. The molecule has 2 aromatic heterocycles. The van der Waals surface area contributed by atoms with Crippen molar-refractivity contribution in [2.24, 2.45) is 4.99 Å². The lowest BCUT2D eigenvalue weighted by Gasteiger charge is -2.01. The van der Waals surface area contributed by atoms with Gasteiger partial charge in [0.15, 0.2) is 21.9 Å². The second-order valence-electron chi connectivity index (χ2n) is 5.87. The minimum atomic E-state index is -0.396. The highest BCUT2D eigenvalue weighted by Gasteiger charge is 2.15. The second-order valence-corrected chi connectivity index (χ2v) is 7.76. The molecule has 2 heterocycles. The van der Waals surface area contributed by atoms with Crippen LogP contribution < -0.4 is 9.54 Å². The summed E-state index contributed by atoms with van der Waals surface area (Å²) in [5, 5.41) is 0.817. The Morgan fingerprint density at radius 2 is 2.15 bits per heavy atom. The van der Waals surface area contributed by atoms with Crippen LogP contribution in [0, 0.1) is 0 Å². The van der Waals surface area contributed by atoms with E-state index in [0.29, 0.717) is 16.1 Å². The zero-order valence-corrected chi connectivity index (χ0v) is 16.8. The molecule has 0 aliphatic rings. The maximum Gasteiger partial charge on any atom is 0.315 e. The molecule has 0 saturated carbocycles. The summed E-state index contributed by atoms with van der Waals surface area (Å²) in [5.41, 5.74) is 1.64. The van der Waals surface area contributed by atoms with Gasteiger partial charge < -0.3 is 13.7 Å². The van der Waals surface area contributed by atoms with Crippen LogP contribution in [-0.2, 0) is 6.54 Å². The molecule has 0 unspecified atom stereocenters. The summed E-state index contributed by atoms with van der Waals surface area (Å²) in [7, 11) is 1.58. The zero-order chi connectivity index (χ0) is 19.0. The molecule has 4 rings (SSSR count). The number of benzene rings is 2. The number of carbonyl (C=O) groups excluding carboxylic acids is 1. The third kappa shape index (κ3) is 3.17. The second kappa shape index (κ2) is 7.25. The van der Waals surface area contributed by atoms with Crippen molar-refractivity contribution in [2.45, 2.75) is 18.4 Å². The van der Waals surface area contributed by atoms with Gasteiger partial charge in [-0.3, -0.25) is 4.79 Å². The average molecular weight is 399 g/mol. The first-order valence-electron chi connectivity index (χ1n) is 8.47. The third-order valence-corrected chi connectivity index (χ3v) is 6.11. The van der Waals surface area contributed by atoms with E-state index in [2.05, 4.69) is 23.2 Å². The maximum atomic E-state index is 12.7. The normalized spacial score (nSPS) is 12.2. The van der Waals surface area contributed by atoms with Crippen molar-refractivity contribution in [3.05, 3.63) is 53.0 Å². The Morgan fingerprint density at radius 3 is 2.89 bits per heavy atom. The molecule has 0 fully saturated rings. The van der Waals surface area contributed by atoms with Crippen LogP contribution in [0.2, 0.25) is 0 Å². The number of thioether (sulfide) groups is 1. The summed E-state index contributed by atoms with van der Waals surface area (Å²) in [4.78, 5) is 18.9. The number of fused-ring (bicyclic) bond motifs is 2. The van der Waals surface area contributed by atoms with Gasteiger partial charge >= 0.3 is 5.91 Å². The highest BCUT2D eigenvalue weighted by atomic mass is 32.2. The smallest absolute Gasteiger partial charge is 0.315 e. The molecule has 138 valence electrons. The topological polar surface area (TPSA) is 56.7 Å². The van der Waals surface area contributed by atoms with Crippen molar-refractivity contribution in [1.82, 2.24) is 4.57 Å². The average Bonchev–Trinajstić information content (AvgIpc) is 3.27. The van der Waals surface area contributed by atoms with Crippen molar-refractivity contribution in [3.63, 3.8) is 0 Å². The molecule has 0 spiro atoms. The standard InChI is InChI=1S/C20H18N2O3S2/c1-4-22-14-9-8-13(26-3)11-17(14)27-20(22)21-19(23)16-10-12-6-5-7-15(24-2)18(12)25-16/h5-11H,4H2,1-3H3. The fraction of sp³-hybridized carbons (Fsp3) is 0.200. The van der Waals surface area contributed by atoms with Gasteiger partial charge in [0, 0.05) is 16.8 Å². The molecule has 2 aromatic carbocycles. The van der Waals surface area contributed by atoms with Crippen molar-refractivity contribution < 1.29 is 13.9 Å². The van der Waals surface area contributed by atoms with Crippen LogP contribution in [0.3, 0.4) is 0 Å². The van der Waals surface area contributed by atoms with Gasteiger partial charge in [-0.25, -0.2) is 0 Å². The van der Waals surface area contributed by atoms with Crippen molar-refractivity contribution in [1.29, 1.82) is 0 Å². The number of methoxy groups -OCH3 is 1. The number of thiazole rings is 1. The molecule has 0 saturated heterocycles. The van der Waals surface area contributed by atoms with E-state index in [1.165, 1.54) is 16.2 Å². The number of para-hydroxylation sites is 1. The number of hydrogen-bond donors (Lipinski definition) is 0. The molecule has 27 heavy (non-hydrogen) atoms. The predicted octanol–water partition coefficient (Wildman–Crippen LogP) is 4.94. The lowest BCUT2D eigenvalue weighted by atomic mass is 10.2. The minimum absolute atomic E-state index is 0.208. The van der Waals surface area contributed by atoms with E-state index in [4.69, 9.17) is 9.15 Å². The predicted molar refractivity (Wildman–Crippen MR) is 110 cm³/mol. The SMILES string of the molecule is CCn1c(=NC(=O)c2cc3cccc(OC)c3o2)sc2cc(SC)ccc21. The monoisotopic (exact) mass is 398 g/mol. The molecule has 0 N–H and O–H groups in total. The number of hydrogen-bond acceptors (Lipinski definition) is 5. The number of aromatic nitrogens is 1. The number of aryl methyl sites for hydroxylation is 1. The quantitative estimate of drug-likeness (QED) is 0.457. The number of rotatable bonds is 4. The molecular formula is C20H18N2O3S2. The number of furan rings is 1. The molecule has 0 aliphatic carbocycles. The van der Waals surface area contributed by atoms with Crippen LogP contribution in [0.25, 0.3) is 21.2 Å². The Morgan fingerprint density at radius 1 is 1.30 bits per heavy atom. The van der Waals surface area contributed by atoms with Gasteiger partial charge in [0.25, 0.3) is 0 Å². The number of amides is 1. The molecular weight excluding hydrogens is 380 g/mol. The van der Waals surface area contributed by atoms with Crippen molar-refractivity contribution >= 4 is 50.2 Å². The lowest BCUT2D eigenvalue weighted by molar-refractivity contribution is 0.0973. The van der Waals surface area contributed by atoms with E-state index in [1.807, 2.05) is 29.9 Å². The third-order valence-electron chi connectivity index (χ3n) is 4.34. The molecule has 0 atom stereocenters. The maximum absolute atomic E-state index is 12.7. The molecule has 0 aliphatic heterocycles. The van der Waals surface area contributed by atoms with Crippen LogP contribution in [0.1, 0.15) is 17.5 Å². The Balaban J connectivity index is 1.82. The first kappa shape index (κ1) is 17.9. The molecule has 5 nitrogen and oxygen atoms in total. The lowest BCUT2D eigenvalue weighted by Crippen LogP contribution is -2.15. The Bertz CT molecular complexity index is 1220. The van der Waals surface area contributed by atoms with Crippen LogP contribution in [0.5, 0.6) is 5.75 Å². The Labute approximate surface area is 164 Å². The van der Waals surface area contributed by atoms with Gasteiger partial charge in [-0.05, 0) is 43.5 Å². The van der Waals surface area contributed by atoms with Crippen LogP contribution in [0.15, 0.2) is 56.8 Å². The highest BCUT2D eigenvalue weighted by Crippen LogP contribution is 2.29.